The van der Waals surface area contributed by atoms with Crippen LogP contribution in [-0.2, 0) is 4.74 Å². The number of aliphatic hydroxyl groups is 1. The highest BCUT2D eigenvalue weighted by Crippen LogP contribution is 2.43. The smallest absolute Gasteiger partial charge is 0.190 e. The van der Waals surface area contributed by atoms with Crippen molar-refractivity contribution in [3.63, 3.8) is 0 Å². The summed E-state index contributed by atoms with van der Waals surface area (Å²) in [7, 11) is 0. The monoisotopic (exact) mass is 465 g/mol. The Kier molecular flexibility index (Phi) is 6.05. The summed E-state index contributed by atoms with van der Waals surface area (Å²) in [5, 5.41) is 32.3. The number of hydrogen-bond donors (Lipinski definition) is 1. The molecule has 0 bridgehead atoms. The second-order valence-corrected chi connectivity index (χ2v) is 9.08. The van der Waals surface area contributed by atoms with Gasteiger partial charge in [-0.1, -0.05) is 23.5 Å². The van der Waals surface area contributed by atoms with Crippen molar-refractivity contribution >= 4 is 27.9 Å². The Morgan fingerprint density at radius 1 is 1.27 bits per heavy atom. The molecule has 9 nitrogen and oxygen atoms in total. The molecule has 0 amide bonds. The fourth-order valence-corrected chi connectivity index (χ4v) is 5.08. The van der Waals surface area contributed by atoms with Crippen LogP contribution >= 0.6 is 11.3 Å². The van der Waals surface area contributed by atoms with E-state index in [1.807, 2.05) is 36.4 Å². The molecule has 3 aliphatic rings. The van der Waals surface area contributed by atoms with Crippen LogP contribution < -0.4 is 9.80 Å². The SMILES string of the molecule is C/C=C(/c1cc(C2C(O)N2[O-])ccc1N1CCOCC1)N1C=CN(c2ncc(C#N)s2)CC1. The number of allylic oxidation sites excluding steroid dienone is 1. The molecule has 1 N–H and O–H groups in total. The number of hydroxylamine groups is 2. The van der Waals surface area contributed by atoms with Crippen LogP contribution in [0.15, 0.2) is 42.9 Å². The Balaban J connectivity index is 1.45. The van der Waals surface area contributed by atoms with Gasteiger partial charge in [0.05, 0.1) is 25.5 Å². The van der Waals surface area contributed by atoms with Gasteiger partial charge in [-0.15, -0.1) is 0 Å². The Morgan fingerprint density at radius 2 is 2.06 bits per heavy atom. The van der Waals surface area contributed by atoms with Crippen molar-refractivity contribution in [1.82, 2.24) is 14.9 Å². The number of benzene rings is 1. The van der Waals surface area contributed by atoms with Gasteiger partial charge in [0.2, 0.25) is 0 Å². The summed E-state index contributed by atoms with van der Waals surface area (Å²) in [5.74, 6) is 0. The van der Waals surface area contributed by atoms with E-state index >= 15 is 0 Å². The maximum Gasteiger partial charge on any atom is 0.190 e. The lowest BCUT2D eigenvalue weighted by Gasteiger charge is -2.35. The van der Waals surface area contributed by atoms with Crippen LogP contribution in [0.2, 0.25) is 0 Å². The summed E-state index contributed by atoms with van der Waals surface area (Å²) >= 11 is 1.38. The molecule has 0 aliphatic carbocycles. The number of anilines is 2. The van der Waals surface area contributed by atoms with Crippen molar-refractivity contribution in [2.24, 2.45) is 0 Å². The maximum atomic E-state index is 11.8. The molecule has 2 aromatic rings. The van der Waals surface area contributed by atoms with E-state index in [2.05, 4.69) is 33.0 Å². The molecular weight excluding hydrogens is 440 g/mol. The number of nitrogens with zero attached hydrogens (tertiary/aromatic N) is 6. The van der Waals surface area contributed by atoms with Gasteiger partial charge in [-0.25, -0.2) is 4.98 Å². The van der Waals surface area contributed by atoms with E-state index in [0.29, 0.717) is 23.2 Å². The second-order valence-electron chi connectivity index (χ2n) is 8.07. The number of rotatable bonds is 5. The Bertz CT molecular complexity index is 1110. The van der Waals surface area contributed by atoms with E-state index in [1.54, 1.807) is 6.20 Å². The van der Waals surface area contributed by atoms with Gasteiger partial charge in [-0.3, -0.25) is 0 Å². The van der Waals surface area contributed by atoms with E-state index in [-0.39, 0.29) is 0 Å². The number of aromatic nitrogens is 1. The lowest BCUT2D eigenvalue weighted by Crippen LogP contribution is -2.37. The number of nitriles is 1. The lowest BCUT2D eigenvalue weighted by atomic mass is 10.0. The summed E-state index contributed by atoms with van der Waals surface area (Å²) in [5.41, 5.74) is 3.98. The number of hydrogen-bond acceptors (Lipinski definition) is 10. The molecular formula is C23H25N6O3S-. The molecule has 5 rings (SSSR count). The third-order valence-corrected chi connectivity index (χ3v) is 7.10. The zero-order chi connectivity index (χ0) is 22.9. The molecule has 0 radical (unpaired) electrons. The van der Waals surface area contributed by atoms with E-state index in [4.69, 9.17) is 10.00 Å². The van der Waals surface area contributed by atoms with E-state index < -0.39 is 12.3 Å². The van der Waals surface area contributed by atoms with Crippen molar-refractivity contribution < 1.29 is 9.84 Å². The second kappa shape index (κ2) is 9.13. The van der Waals surface area contributed by atoms with Gasteiger partial charge in [-0.2, -0.15) is 5.26 Å². The molecule has 4 heterocycles. The quantitative estimate of drug-likeness (QED) is 0.668. The first-order valence-electron chi connectivity index (χ1n) is 10.9. The van der Waals surface area contributed by atoms with Crippen LogP contribution in [-0.4, -0.2) is 65.7 Å². The summed E-state index contributed by atoms with van der Waals surface area (Å²) in [6.07, 6.45) is 6.71. The topological polar surface area (TPSA) is 102 Å². The molecule has 2 saturated heterocycles. The lowest BCUT2D eigenvalue weighted by molar-refractivity contribution is 0.122. The summed E-state index contributed by atoms with van der Waals surface area (Å²) in [6, 6.07) is 7.66. The van der Waals surface area contributed by atoms with Crippen molar-refractivity contribution in [2.75, 3.05) is 49.2 Å². The van der Waals surface area contributed by atoms with Crippen LogP contribution in [0.1, 0.15) is 29.0 Å². The molecule has 2 fully saturated rings. The zero-order valence-corrected chi connectivity index (χ0v) is 19.1. The predicted octanol–water partition coefficient (Wildman–Crippen LogP) is 2.68. The van der Waals surface area contributed by atoms with Gasteiger partial charge in [0.25, 0.3) is 0 Å². The first kappa shape index (κ1) is 21.9. The van der Waals surface area contributed by atoms with Crippen LogP contribution in [0.3, 0.4) is 0 Å². The molecule has 3 aliphatic heterocycles. The molecule has 10 heteroatoms. The fraction of sp³-hybridized carbons (Fsp3) is 0.391. The van der Waals surface area contributed by atoms with E-state index in [1.165, 1.54) is 11.3 Å². The van der Waals surface area contributed by atoms with Gasteiger partial charge in [-0.05, 0) is 24.6 Å². The molecule has 1 aromatic heterocycles. The average molecular weight is 466 g/mol. The van der Waals surface area contributed by atoms with Crippen molar-refractivity contribution in [2.45, 2.75) is 19.2 Å². The van der Waals surface area contributed by atoms with Gasteiger partial charge < -0.3 is 34.8 Å². The molecule has 3 unspecified atom stereocenters. The van der Waals surface area contributed by atoms with Crippen LogP contribution in [0.25, 0.3) is 5.70 Å². The largest absolute Gasteiger partial charge is 0.783 e. The normalized spacial score (nSPS) is 25.3. The number of ether oxygens (including phenoxy) is 1. The average Bonchev–Trinajstić information content (AvgIpc) is 3.23. The number of thiazole rings is 1. The van der Waals surface area contributed by atoms with Crippen molar-refractivity contribution in [1.29, 1.82) is 5.26 Å². The first-order valence-corrected chi connectivity index (χ1v) is 11.8. The zero-order valence-electron chi connectivity index (χ0n) is 18.3. The van der Waals surface area contributed by atoms with Crippen LogP contribution in [0.4, 0.5) is 10.8 Å². The van der Waals surface area contributed by atoms with Gasteiger partial charge in [0, 0.05) is 55.5 Å². The highest BCUT2D eigenvalue weighted by atomic mass is 32.1. The maximum absolute atomic E-state index is 11.8. The molecule has 1 aromatic carbocycles. The Labute approximate surface area is 196 Å². The highest BCUT2D eigenvalue weighted by Gasteiger charge is 2.40. The van der Waals surface area contributed by atoms with Gasteiger partial charge >= 0.3 is 0 Å². The van der Waals surface area contributed by atoms with Gasteiger partial charge in [0.1, 0.15) is 17.2 Å². The molecule has 0 spiro atoms. The van der Waals surface area contributed by atoms with E-state index in [0.717, 1.165) is 53.8 Å². The highest BCUT2D eigenvalue weighted by molar-refractivity contribution is 7.16. The Hall–Kier alpha value is -2.94. The third kappa shape index (κ3) is 4.21. The van der Waals surface area contributed by atoms with Gasteiger partial charge in [0.15, 0.2) is 5.13 Å². The van der Waals surface area contributed by atoms with Crippen LogP contribution in [0, 0.1) is 16.5 Å². The minimum Gasteiger partial charge on any atom is -0.783 e. The third-order valence-electron chi connectivity index (χ3n) is 6.16. The van der Waals surface area contributed by atoms with Crippen LogP contribution in [0.5, 0.6) is 0 Å². The standard InChI is InChI=1S/C23H25N6O3S/c1-2-19(26-5-7-28(8-6-26)23-25-15-17(14-24)33-23)18-13-16(21-22(30)29(21)31)3-4-20(18)27-9-11-32-12-10-27/h2-5,7,13,15,21-22,30H,6,8-12H2,1H3/q-1/b19-2-. The first-order chi connectivity index (χ1) is 16.1. The summed E-state index contributed by atoms with van der Waals surface area (Å²) < 4.78 is 5.54. The predicted molar refractivity (Wildman–Crippen MR) is 127 cm³/mol. The van der Waals surface area contributed by atoms with Crippen molar-refractivity contribution in [3.8, 4) is 6.07 Å². The molecule has 3 atom stereocenters. The van der Waals surface area contributed by atoms with Crippen molar-refractivity contribution in [3.05, 3.63) is 64.1 Å². The number of morpholine rings is 1. The number of aliphatic hydroxyl groups excluding tert-OH is 1. The van der Waals surface area contributed by atoms with E-state index in [9.17, 15) is 10.3 Å². The Morgan fingerprint density at radius 3 is 2.67 bits per heavy atom. The molecule has 33 heavy (non-hydrogen) atoms. The summed E-state index contributed by atoms with van der Waals surface area (Å²) in [6.45, 7) is 6.45. The molecule has 172 valence electrons. The molecule has 0 saturated carbocycles. The minimum absolute atomic E-state index is 0.507. The minimum atomic E-state index is -0.971. The summed E-state index contributed by atoms with van der Waals surface area (Å²) in [4.78, 5) is 11.5. The fourth-order valence-electron chi connectivity index (χ4n) is 4.35.